The van der Waals surface area contributed by atoms with Crippen LogP contribution in [-0.4, -0.2) is 37.0 Å². The van der Waals surface area contributed by atoms with Gasteiger partial charge in [0.25, 0.3) is 0 Å². The maximum atomic E-state index is 10.5. The van der Waals surface area contributed by atoms with Crippen molar-refractivity contribution >= 4 is 0 Å². The summed E-state index contributed by atoms with van der Waals surface area (Å²) in [6, 6.07) is 0. The first-order valence-electron chi connectivity index (χ1n) is 7.50. The highest BCUT2D eigenvalue weighted by molar-refractivity contribution is 4.90. The quantitative estimate of drug-likeness (QED) is 0.810. The molecule has 2 fully saturated rings. The molecular formula is C15H29NO2. The van der Waals surface area contributed by atoms with Gasteiger partial charge in [0.15, 0.2) is 0 Å². The Hall–Kier alpha value is -0.120. The van der Waals surface area contributed by atoms with Gasteiger partial charge < -0.3 is 15.2 Å². The highest BCUT2D eigenvalue weighted by Crippen LogP contribution is 2.39. The molecule has 0 amide bonds. The summed E-state index contributed by atoms with van der Waals surface area (Å²) in [6.45, 7) is 8.16. The summed E-state index contributed by atoms with van der Waals surface area (Å²) in [5.74, 6) is 0.641. The van der Waals surface area contributed by atoms with E-state index in [9.17, 15) is 5.11 Å². The van der Waals surface area contributed by atoms with Crippen molar-refractivity contribution in [2.45, 2.75) is 58.0 Å². The van der Waals surface area contributed by atoms with Crippen molar-refractivity contribution in [3.05, 3.63) is 0 Å². The third-order valence-corrected chi connectivity index (χ3v) is 4.68. The molecule has 0 radical (unpaired) electrons. The summed E-state index contributed by atoms with van der Waals surface area (Å²) in [6.07, 6.45) is 6.60. The molecule has 0 bridgehead atoms. The topological polar surface area (TPSA) is 41.5 Å². The number of aliphatic hydroxyl groups is 1. The van der Waals surface area contributed by atoms with Gasteiger partial charge in [-0.1, -0.05) is 13.8 Å². The second kappa shape index (κ2) is 5.89. The van der Waals surface area contributed by atoms with Crippen LogP contribution in [0, 0.1) is 11.3 Å². The third-order valence-electron chi connectivity index (χ3n) is 4.68. The Kier molecular flexibility index (Phi) is 4.68. The van der Waals surface area contributed by atoms with Crippen LogP contribution in [0.1, 0.15) is 52.4 Å². The second-order valence-electron chi connectivity index (χ2n) is 7.10. The molecule has 1 saturated carbocycles. The lowest BCUT2D eigenvalue weighted by Crippen LogP contribution is -2.46. The van der Waals surface area contributed by atoms with Crippen LogP contribution >= 0.6 is 0 Å². The van der Waals surface area contributed by atoms with Crippen molar-refractivity contribution in [2.75, 3.05) is 26.3 Å². The standard InChI is InChI=1S/C15H29NO2/c1-14(2)5-7-15(17,8-6-14)12-16-10-13-4-3-9-18-11-13/h13,16-17H,3-12H2,1-2H3. The van der Waals surface area contributed by atoms with Gasteiger partial charge in [-0.25, -0.2) is 0 Å². The van der Waals surface area contributed by atoms with E-state index in [-0.39, 0.29) is 0 Å². The molecule has 1 atom stereocenters. The lowest BCUT2D eigenvalue weighted by molar-refractivity contribution is -0.0263. The summed E-state index contributed by atoms with van der Waals surface area (Å²) < 4.78 is 5.47. The lowest BCUT2D eigenvalue weighted by Gasteiger charge is -2.40. The normalized spacial score (nSPS) is 31.2. The number of nitrogens with one attached hydrogen (secondary N) is 1. The van der Waals surface area contributed by atoms with Crippen LogP contribution in [0.25, 0.3) is 0 Å². The van der Waals surface area contributed by atoms with Crippen molar-refractivity contribution in [1.82, 2.24) is 5.32 Å². The Labute approximate surface area is 111 Å². The van der Waals surface area contributed by atoms with Crippen LogP contribution in [0.2, 0.25) is 0 Å². The molecule has 2 rings (SSSR count). The minimum atomic E-state index is -0.467. The van der Waals surface area contributed by atoms with Crippen molar-refractivity contribution < 1.29 is 9.84 Å². The van der Waals surface area contributed by atoms with Gasteiger partial charge in [-0.3, -0.25) is 0 Å². The van der Waals surface area contributed by atoms with E-state index in [4.69, 9.17) is 4.74 Å². The molecule has 0 aromatic rings. The van der Waals surface area contributed by atoms with Crippen LogP contribution in [0.15, 0.2) is 0 Å². The van der Waals surface area contributed by atoms with E-state index in [2.05, 4.69) is 19.2 Å². The minimum absolute atomic E-state index is 0.420. The van der Waals surface area contributed by atoms with E-state index in [1.807, 2.05) is 0 Å². The molecule has 3 nitrogen and oxygen atoms in total. The van der Waals surface area contributed by atoms with Crippen LogP contribution in [-0.2, 0) is 4.74 Å². The van der Waals surface area contributed by atoms with Gasteiger partial charge in [0.1, 0.15) is 0 Å². The van der Waals surface area contributed by atoms with Crippen molar-refractivity contribution in [2.24, 2.45) is 11.3 Å². The van der Waals surface area contributed by atoms with E-state index in [0.717, 1.165) is 52.0 Å². The first-order valence-corrected chi connectivity index (χ1v) is 7.50. The molecule has 1 heterocycles. The van der Waals surface area contributed by atoms with Gasteiger partial charge in [-0.15, -0.1) is 0 Å². The predicted octanol–water partition coefficient (Wildman–Crippen LogP) is 2.33. The van der Waals surface area contributed by atoms with Gasteiger partial charge in [-0.05, 0) is 49.9 Å². The fourth-order valence-corrected chi connectivity index (χ4v) is 3.05. The Morgan fingerprint density at radius 1 is 1.22 bits per heavy atom. The Balaban J connectivity index is 1.66. The van der Waals surface area contributed by atoms with Crippen LogP contribution in [0.5, 0.6) is 0 Å². The molecule has 1 aliphatic heterocycles. The average Bonchev–Trinajstić information content (AvgIpc) is 2.35. The zero-order chi connectivity index (χ0) is 13.1. The van der Waals surface area contributed by atoms with Gasteiger partial charge >= 0.3 is 0 Å². The molecule has 106 valence electrons. The van der Waals surface area contributed by atoms with Crippen LogP contribution in [0.4, 0.5) is 0 Å². The lowest BCUT2D eigenvalue weighted by atomic mass is 9.71. The van der Waals surface area contributed by atoms with Gasteiger partial charge in [-0.2, -0.15) is 0 Å². The van der Waals surface area contributed by atoms with E-state index in [1.165, 1.54) is 12.8 Å². The van der Waals surface area contributed by atoms with Crippen LogP contribution in [0.3, 0.4) is 0 Å². The molecule has 3 heteroatoms. The monoisotopic (exact) mass is 255 g/mol. The smallest absolute Gasteiger partial charge is 0.0772 e. The molecular weight excluding hydrogens is 226 g/mol. The Bertz CT molecular complexity index is 249. The molecule has 0 spiro atoms. The zero-order valence-corrected chi connectivity index (χ0v) is 12.0. The van der Waals surface area contributed by atoms with Gasteiger partial charge in [0.2, 0.25) is 0 Å². The van der Waals surface area contributed by atoms with E-state index in [1.54, 1.807) is 0 Å². The first-order chi connectivity index (χ1) is 8.49. The summed E-state index contributed by atoms with van der Waals surface area (Å²) in [4.78, 5) is 0. The summed E-state index contributed by atoms with van der Waals surface area (Å²) >= 11 is 0. The van der Waals surface area contributed by atoms with E-state index in [0.29, 0.717) is 11.3 Å². The van der Waals surface area contributed by atoms with Crippen molar-refractivity contribution in [3.8, 4) is 0 Å². The third kappa shape index (κ3) is 4.22. The maximum Gasteiger partial charge on any atom is 0.0772 e. The van der Waals surface area contributed by atoms with Crippen molar-refractivity contribution in [1.29, 1.82) is 0 Å². The first kappa shape index (κ1) is 14.3. The molecule has 1 unspecified atom stereocenters. The number of rotatable bonds is 4. The van der Waals surface area contributed by atoms with Crippen LogP contribution < -0.4 is 5.32 Å². The number of hydrogen-bond acceptors (Lipinski definition) is 3. The molecule has 0 aromatic heterocycles. The predicted molar refractivity (Wildman–Crippen MR) is 73.6 cm³/mol. The van der Waals surface area contributed by atoms with Gasteiger partial charge in [0.05, 0.1) is 12.2 Å². The molecule has 0 aromatic carbocycles. The molecule has 2 aliphatic rings. The zero-order valence-electron chi connectivity index (χ0n) is 12.0. The molecule has 1 saturated heterocycles. The summed E-state index contributed by atoms with van der Waals surface area (Å²) in [5.41, 5.74) is -0.0471. The SMILES string of the molecule is CC1(C)CCC(O)(CNCC2CCCOC2)CC1. The average molecular weight is 255 g/mol. The molecule has 1 aliphatic carbocycles. The fraction of sp³-hybridized carbons (Fsp3) is 1.00. The highest BCUT2D eigenvalue weighted by atomic mass is 16.5. The second-order valence-corrected chi connectivity index (χ2v) is 7.10. The van der Waals surface area contributed by atoms with Gasteiger partial charge in [0, 0.05) is 19.7 Å². The molecule has 18 heavy (non-hydrogen) atoms. The number of hydrogen-bond donors (Lipinski definition) is 2. The largest absolute Gasteiger partial charge is 0.389 e. The van der Waals surface area contributed by atoms with E-state index < -0.39 is 5.60 Å². The summed E-state index contributed by atoms with van der Waals surface area (Å²) in [5, 5.41) is 14.0. The van der Waals surface area contributed by atoms with Crippen molar-refractivity contribution in [3.63, 3.8) is 0 Å². The number of ether oxygens (including phenoxy) is 1. The Morgan fingerprint density at radius 3 is 2.56 bits per heavy atom. The summed E-state index contributed by atoms with van der Waals surface area (Å²) in [7, 11) is 0. The fourth-order valence-electron chi connectivity index (χ4n) is 3.05. The minimum Gasteiger partial charge on any atom is -0.389 e. The highest BCUT2D eigenvalue weighted by Gasteiger charge is 2.36. The van der Waals surface area contributed by atoms with E-state index >= 15 is 0 Å². The Morgan fingerprint density at radius 2 is 1.94 bits per heavy atom. The molecule has 2 N–H and O–H groups in total. The maximum absolute atomic E-state index is 10.5.